The molecule has 0 aromatic carbocycles. The summed E-state index contributed by atoms with van der Waals surface area (Å²) in [5.74, 6) is -0.904. The van der Waals surface area contributed by atoms with Crippen molar-refractivity contribution in [3.63, 3.8) is 0 Å². The Morgan fingerprint density at radius 1 is 1.25 bits per heavy atom. The molecule has 104 valence electrons. The van der Waals surface area contributed by atoms with Gasteiger partial charge in [0.2, 0.25) is 0 Å². The van der Waals surface area contributed by atoms with Crippen molar-refractivity contribution >= 4 is 28.3 Å². The molecule has 1 amide bonds. The van der Waals surface area contributed by atoms with E-state index in [1.165, 1.54) is 19.5 Å². The third-order valence-corrected chi connectivity index (χ3v) is 3.45. The minimum Gasteiger partial charge on any atom is -0.465 e. The van der Waals surface area contributed by atoms with Crippen molar-refractivity contribution < 1.29 is 14.3 Å². The number of aryl methyl sites for hydroxylation is 2. The summed E-state index contributed by atoms with van der Waals surface area (Å²) in [5, 5.41) is 2.89. The van der Waals surface area contributed by atoms with Gasteiger partial charge in [0.1, 0.15) is 10.6 Å². The van der Waals surface area contributed by atoms with Crippen LogP contribution in [0.1, 0.15) is 31.5 Å². The van der Waals surface area contributed by atoms with Gasteiger partial charge in [-0.25, -0.2) is 14.8 Å². The molecule has 0 saturated carbocycles. The van der Waals surface area contributed by atoms with Crippen LogP contribution in [0.25, 0.3) is 0 Å². The summed E-state index contributed by atoms with van der Waals surface area (Å²) in [4.78, 5) is 35.8. The van der Waals surface area contributed by atoms with E-state index in [1.54, 1.807) is 13.8 Å². The molecule has 8 heteroatoms. The molecule has 2 aromatic heterocycles. The van der Waals surface area contributed by atoms with E-state index < -0.39 is 11.9 Å². The highest BCUT2D eigenvalue weighted by molar-refractivity contribution is 7.17. The molecule has 20 heavy (non-hydrogen) atoms. The number of carbonyl (C=O) groups excluding carboxylic acids is 2. The molecule has 0 bridgehead atoms. The van der Waals surface area contributed by atoms with E-state index in [0.29, 0.717) is 15.7 Å². The van der Waals surface area contributed by atoms with Gasteiger partial charge in [0.05, 0.1) is 24.7 Å². The van der Waals surface area contributed by atoms with Crippen LogP contribution < -0.4 is 5.32 Å². The SMILES string of the molecule is COC(=O)c1sc(NC(=O)c2cnc(C)cn2)nc1C. The van der Waals surface area contributed by atoms with E-state index in [4.69, 9.17) is 0 Å². The third kappa shape index (κ3) is 2.97. The van der Waals surface area contributed by atoms with Crippen LogP contribution in [0.2, 0.25) is 0 Å². The van der Waals surface area contributed by atoms with E-state index in [1.807, 2.05) is 0 Å². The Balaban J connectivity index is 2.16. The van der Waals surface area contributed by atoms with E-state index >= 15 is 0 Å². The normalized spacial score (nSPS) is 10.2. The third-order valence-electron chi connectivity index (χ3n) is 2.40. The number of hydrogen-bond donors (Lipinski definition) is 1. The molecule has 0 saturated heterocycles. The molecule has 0 radical (unpaired) electrons. The fraction of sp³-hybridized carbons (Fsp3) is 0.250. The van der Waals surface area contributed by atoms with Gasteiger partial charge in [0.15, 0.2) is 5.13 Å². The molecule has 2 aromatic rings. The number of hydrogen-bond acceptors (Lipinski definition) is 7. The Morgan fingerprint density at radius 3 is 2.60 bits per heavy atom. The second-order valence-corrected chi connectivity index (χ2v) is 4.92. The second kappa shape index (κ2) is 5.74. The highest BCUT2D eigenvalue weighted by Gasteiger charge is 2.17. The van der Waals surface area contributed by atoms with Gasteiger partial charge in [-0.2, -0.15) is 0 Å². The van der Waals surface area contributed by atoms with E-state index in [2.05, 4.69) is 25.0 Å². The molecule has 2 rings (SSSR count). The van der Waals surface area contributed by atoms with Gasteiger partial charge in [-0.1, -0.05) is 11.3 Å². The highest BCUT2D eigenvalue weighted by atomic mass is 32.1. The lowest BCUT2D eigenvalue weighted by Gasteiger charge is -2.00. The number of esters is 1. The summed E-state index contributed by atoms with van der Waals surface area (Å²) < 4.78 is 4.63. The second-order valence-electron chi connectivity index (χ2n) is 3.92. The Bertz CT molecular complexity index is 651. The van der Waals surface area contributed by atoms with Crippen molar-refractivity contribution in [3.8, 4) is 0 Å². The van der Waals surface area contributed by atoms with Crippen molar-refractivity contribution in [2.75, 3.05) is 12.4 Å². The molecule has 0 atom stereocenters. The Morgan fingerprint density at radius 2 is 2.00 bits per heavy atom. The molecule has 0 unspecified atom stereocenters. The number of methoxy groups -OCH3 is 1. The molecule has 0 fully saturated rings. The summed E-state index contributed by atoms with van der Waals surface area (Å²) in [5.41, 5.74) is 1.41. The first kappa shape index (κ1) is 14.1. The van der Waals surface area contributed by atoms with Crippen LogP contribution in [-0.4, -0.2) is 33.9 Å². The van der Waals surface area contributed by atoms with Crippen LogP contribution in [0.3, 0.4) is 0 Å². The van der Waals surface area contributed by atoms with Crippen LogP contribution in [0.15, 0.2) is 12.4 Å². The largest absolute Gasteiger partial charge is 0.465 e. The average molecular weight is 292 g/mol. The predicted octanol–water partition coefficient (Wildman–Crippen LogP) is 1.59. The maximum Gasteiger partial charge on any atom is 0.350 e. The summed E-state index contributed by atoms with van der Waals surface area (Å²) >= 11 is 1.05. The van der Waals surface area contributed by atoms with Crippen LogP contribution >= 0.6 is 11.3 Å². The van der Waals surface area contributed by atoms with Crippen molar-refractivity contribution in [2.24, 2.45) is 0 Å². The molecule has 2 heterocycles. The van der Waals surface area contributed by atoms with Gasteiger partial charge in [0, 0.05) is 6.20 Å². The van der Waals surface area contributed by atoms with Gasteiger partial charge in [-0.3, -0.25) is 15.1 Å². The first-order valence-corrected chi connectivity index (χ1v) is 6.48. The van der Waals surface area contributed by atoms with Crippen molar-refractivity contribution in [1.82, 2.24) is 15.0 Å². The predicted molar refractivity (Wildman–Crippen MR) is 72.9 cm³/mol. The van der Waals surface area contributed by atoms with Gasteiger partial charge < -0.3 is 4.74 Å². The zero-order valence-corrected chi connectivity index (χ0v) is 11.9. The first-order valence-electron chi connectivity index (χ1n) is 5.67. The number of rotatable bonds is 3. The highest BCUT2D eigenvalue weighted by Crippen LogP contribution is 2.23. The number of anilines is 1. The molecule has 1 N–H and O–H groups in total. The number of amides is 1. The summed E-state index contributed by atoms with van der Waals surface area (Å²) in [7, 11) is 1.29. The minimum atomic E-state index is -0.476. The lowest BCUT2D eigenvalue weighted by Crippen LogP contribution is -2.13. The maximum atomic E-state index is 11.9. The molecular formula is C12H12N4O3S. The number of thiazole rings is 1. The van der Waals surface area contributed by atoms with Gasteiger partial charge >= 0.3 is 5.97 Å². The smallest absolute Gasteiger partial charge is 0.350 e. The molecule has 0 aliphatic carbocycles. The molecule has 0 aliphatic heterocycles. The van der Waals surface area contributed by atoms with Gasteiger partial charge in [-0.15, -0.1) is 0 Å². The average Bonchev–Trinajstić information content (AvgIpc) is 2.79. The van der Waals surface area contributed by atoms with Gasteiger partial charge in [0.25, 0.3) is 5.91 Å². The fourth-order valence-corrected chi connectivity index (χ4v) is 2.28. The lowest BCUT2D eigenvalue weighted by atomic mass is 10.4. The van der Waals surface area contributed by atoms with Gasteiger partial charge in [-0.05, 0) is 13.8 Å². The molecular weight excluding hydrogens is 280 g/mol. The monoisotopic (exact) mass is 292 g/mol. The Labute approximate surface area is 119 Å². The fourth-order valence-electron chi connectivity index (χ4n) is 1.40. The van der Waals surface area contributed by atoms with Crippen LogP contribution in [-0.2, 0) is 4.74 Å². The van der Waals surface area contributed by atoms with Crippen LogP contribution in [0.4, 0.5) is 5.13 Å². The number of nitrogens with one attached hydrogen (secondary N) is 1. The topological polar surface area (TPSA) is 94.1 Å². The van der Waals surface area contributed by atoms with Crippen molar-refractivity contribution in [2.45, 2.75) is 13.8 Å². The maximum absolute atomic E-state index is 11.9. The minimum absolute atomic E-state index is 0.183. The summed E-state index contributed by atoms with van der Waals surface area (Å²) in [6.07, 6.45) is 2.88. The van der Waals surface area contributed by atoms with E-state index in [0.717, 1.165) is 17.0 Å². The number of aromatic nitrogens is 3. The molecule has 7 nitrogen and oxygen atoms in total. The van der Waals surface area contributed by atoms with Crippen LogP contribution in [0.5, 0.6) is 0 Å². The zero-order chi connectivity index (χ0) is 14.7. The van der Waals surface area contributed by atoms with Crippen molar-refractivity contribution in [3.05, 3.63) is 34.4 Å². The van der Waals surface area contributed by atoms with E-state index in [-0.39, 0.29) is 5.69 Å². The van der Waals surface area contributed by atoms with Crippen LogP contribution in [0, 0.1) is 13.8 Å². The van der Waals surface area contributed by atoms with E-state index in [9.17, 15) is 9.59 Å². The Hall–Kier alpha value is -2.35. The molecule has 0 aliphatic rings. The van der Waals surface area contributed by atoms with Crippen molar-refractivity contribution in [1.29, 1.82) is 0 Å². The Kier molecular flexibility index (Phi) is 4.04. The number of carbonyl (C=O) groups is 2. The standard InChI is InChI=1S/C12H12N4O3S/c1-6-4-14-8(5-13-6)10(17)16-12-15-7(2)9(20-12)11(18)19-3/h4-5H,1-3H3,(H,15,16,17). The number of nitrogens with zero attached hydrogens (tertiary/aromatic N) is 3. The summed E-state index contributed by atoms with van der Waals surface area (Å²) in [6.45, 7) is 3.45. The molecule has 0 spiro atoms. The first-order chi connectivity index (χ1) is 9.51. The quantitative estimate of drug-likeness (QED) is 0.863. The zero-order valence-electron chi connectivity index (χ0n) is 11.1. The lowest BCUT2D eigenvalue weighted by molar-refractivity contribution is 0.0605. The number of ether oxygens (including phenoxy) is 1. The summed E-state index contributed by atoms with van der Waals surface area (Å²) in [6, 6.07) is 0.